The molecule has 11 heteroatoms. The summed E-state index contributed by atoms with van der Waals surface area (Å²) in [5.41, 5.74) is -1.88. The van der Waals surface area contributed by atoms with E-state index in [0.29, 0.717) is 5.69 Å². The van der Waals surface area contributed by atoms with Crippen molar-refractivity contribution in [1.82, 2.24) is 10.1 Å². The first-order valence-corrected chi connectivity index (χ1v) is 9.39. The third-order valence-corrected chi connectivity index (χ3v) is 5.25. The summed E-state index contributed by atoms with van der Waals surface area (Å²) in [7, 11) is 0. The number of aromatic nitrogens is 2. The summed E-state index contributed by atoms with van der Waals surface area (Å²) in [6.07, 6.45) is -9.15. The van der Waals surface area contributed by atoms with Crippen LogP contribution in [0.5, 0.6) is 0 Å². The number of halogens is 6. The minimum absolute atomic E-state index is 0.0141. The first kappa shape index (κ1) is 21.7. The molecular weight excluding hydrogens is 438 g/mol. The van der Waals surface area contributed by atoms with E-state index in [1.165, 1.54) is 18.2 Å². The fourth-order valence-electron chi connectivity index (χ4n) is 3.83. The molecule has 0 N–H and O–H groups in total. The molecule has 0 saturated carbocycles. The van der Waals surface area contributed by atoms with Crippen molar-refractivity contribution in [2.24, 2.45) is 0 Å². The van der Waals surface area contributed by atoms with Gasteiger partial charge in [-0.05, 0) is 49.2 Å². The Bertz CT molecular complexity index is 1210. The van der Waals surface area contributed by atoms with Gasteiger partial charge in [0.1, 0.15) is 0 Å². The zero-order valence-corrected chi connectivity index (χ0v) is 16.4. The van der Waals surface area contributed by atoms with Gasteiger partial charge < -0.3 is 9.42 Å². The van der Waals surface area contributed by atoms with Crippen molar-refractivity contribution in [3.05, 3.63) is 64.5 Å². The van der Waals surface area contributed by atoms with Crippen molar-refractivity contribution < 1.29 is 30.9 Å². The minimum Gasteiger partial charge on any atom is -0.361 e. The van der Waals surface area contributed by atoms with Crippen LogP contribution in [0.2, 0.25) is 0 Å². The minimum atomic E-state index is -4.69. The Morgan fingerprint density at radius 1 is 1.12 bits per heavy atom. The van der Waals surface area contributed by atoms with Gasteiger partial charge in [0.2, 0.25) is 0 Å². The van der Waals surface area contributed by atoms with E-state index in [1.807, 2.05) is 0 Å². The van der Waals surface area contributed by atoms with E-state index in [4.69, 9.17) is 9.78 Å². The molecule has 0 aliphatic carbocycles. The molecule has 0 fully saturated rings. The van der Waals surface area contributed by atoms with Crippen molar-refractivity contribution in [3.63, 3.8) is 0 Å². The lowest BCUT2D eigenvalue weighted by Gasteiger charge is -2.23. The first-order chi connectivity index (χ1) is 15.0. The SMILES string of the molecule is CC1Cc2c(ccc(C#N)c2C(F)(F)F)N1Cc1noc(-c2cccc(C(F)(F)F)c2)n1. The average Bonchev–Trinajstić information content (AvgIpc) is 3.31. The second-order valence-corrected chi connectivity index (χ2v) is 7.37. The van der Waals surface area contributed by atoms with Crippen molar-refractivity contribution in [3.8, 4) is 17.5 Å². The van der Waals surface area contributed by atoms with Gasteiger partial charge >= 0.3 is 12.4 Å². The highest BCUT2D eigenvalue weighted by Crippen LogP contribution is 2.43. The van der Waals surface area contributed by atoms with Crippen LogP contribution in [0, 0.1) is 11.3 Å². The molecule has 5 nitrogen and oxygen atoms in total. The molecule has 3 aromatic rings. The fourth-order valence-corrected chi connectivity index (χ4v) is 3.83. The largest absolute Gasteiger partial charge is 0.418 e. The smallest absolute Gasteiger partial charge is 0.361 e. The van der Waals surface area contributed by atoms with Crippen LogP contribution in [-0.4, -0.2) is 16.2 Å². The lowest BCUT2D eigenvalue weighted by Crippen LogP contribution is -2.29. The molecule has 0 amide bonds. The third-order valence-electron chi connectivity index (χ3n) is 5.25. The zero-order valence-electron chi connectivity index (χ0n) is 16.4. The quantitative estimate of drug-likeness (QED) is 0.485. The van der Waals surface area contributed by atoms with Gasteiger partial charge in [-0.2, -0.15) is 36.6 Å². The van der Waals surface area contributed by atoms with Gasteiger partial charge in [-0.25, -0.2) is 0 Å². The van der Waals surface area contributed by atoms with Gasteiger partial charge in [-0.3, -0.25) is 0 Å². The van der Waals surface area contributed by atoms with Crippen molar-refractivity contribution >= 4 is 5.69 Å². The summed E-state index contributed by atoms with van der Waals surface area (Å²) in [5, 5.41) is 12.9. The van der Waals surface area contributed by atoms with Gasteiger partial charge in [0.15, 0.2) is 5.82 Å². The molecule has 1 aromatic heterocycles. The number of anilines is 1. The zero-order chi connectivity index (χ0) is 23.3. The summed E-state index contributed by atoms with van der Waals surface area (Å²) in [5.74, 6) is -0.0241. The van der Waals surface area contributed by atoms with E-state index in [2.05, 4.69) is 10.1 Å². The number of hydrogen-bond acceptors (Lipinski definition) is 5. The lowest BCUT2D eigenvalue weighted by molar-refractivity contribution is -0.138. The van der Waals surface area contributed by atoms with Crippen molar-refractivity contribution in [1.29, 1.82) is 5.26 Å². The van der Waals surface area contributed by atoms with Gasteiger partial charge in [0.25, 0.3) is 5.89 Å². The second-order valence-electron chi connectivity index (χ2n) is 7.37. The van der Waals surface area contributed by atoms with E-state index in [9.17, 15) is 26.3 Å². The highest BCUT2D eigenvalue weighted by atomic mass is 19.4. The van der Waals surface area contributed by atoms with E-state index in [1.54, 1.807) is 17.9 Å². The predicted molar refractivity (Wildman–Crippen MR) is 100 cm³/mol. The monoisotopic (exact) mass is 452 g/mol. The Hall–Kier alpha value is -3.55. The van der Waals surface area contributed by atoms with Crippen LogP contribution in [0.3, 0.4) is 0 Å². The third kappa shape index (κ3) is 3.88. The van der Waals surface area contributed by atoms with Gasteiger partial charge in [0, 0.05) is 17.3 Å². The van der Waals surface area contributed by atoms with Crippen LogP contribution in [0.1, 0.15) is 35.0 Å². The van der Waals surface area contributed by atoms with Crippen molar-refractivity contribution in [2.75, 3.05) is 4.90 Å². The summed E-state index contributed by atoms with van der Waals surface area (Å²) < 4.78 is 84.7. The van der Waals surface area contributed by atoms with Crippen LogP contribution < -0.4 is 4.90 Å². The van der Waals surface area contributed by atoms with Crippen LogP contribution in [-0.2, 0) is 25.3 Å². The highest BCUT2D eigenvalue weighted by molar-refractivity contribution is 5.66. The molecule has 2 heterocycles. The molecule has 1 aliphatic heterocycles. The van der Waals surface area contributed by atoms with E-state index in [-0.39, 0.29) is 41.8 Å². The molecule has 2 aromatic carbocycles. The number of rotatable bonds is 3. The summed E-state index contributed by atoms with van der Waals surface area (Å²) in [4.78, 5) is 5.76. The van der Waals surface area contributed by atoms with Gasteiger partial charge in [-0.1, -0.05) is 11.2 Å². The maximum absolute atomic E-state index is 13.6. The molecule has 1 atom stereocenters. The van der Waals surface area contributed by atoms with E-state index < -0.39 is 29.0 Å². The Morgan fingerprint density at radius 2 is 1.88 bits per heavy atom. The molecular formula is C21H14F6N4O. The summed E-state index contributed by atoms with van der Waals surface area (Å²) >= 11 is 0. The van der Waals surface area contributed by atoms with Crippen LogP contribution >= 0.6 is 0 Å². The molecule has 166 valence electrons. The number of benzene rings is 2. The molecule has 1 unspecified atom stereocenters. The summed E-state index contributed by atoms with van der Waals surface area (Å²) in [6, 6.07) is 8.20. The molecule has 0 bridgehead atoms. The summed E-state index contributed by atoms with van der Waals surface area (Å²) in [6.45, 7) is 1.71. The number of alkyl halides is 6. The Balaban J connectivity index is 1.64. The average molecular weight is 452 g/mol. The van der Waals surface area contributed by atoms with Crippen LogP contribution in [0.15, 0.2) is 40.9 Å². The molecule has 0 radical (unpaired) electrons. The molecule has 4 rings (SSSR count). The lowest BCUT2D eigenvalue weighted by atomic mass is 9.98. The van der Waals surface area contributed by atoms with E-state index >= 15 is 0 Å². The van der Waals surface area contributed by atoms with E-state index in [0.717, 1.165) is 18.2 Å². The van der Waals surface area contributed by atoms with Gasteiger partial charge in [-0.15, -0.1) is 0 Å². The fraction of sp³-hybridized carbons (Fsp3) is 0.286. The Morgan fingerprint density at radius 3 is 2.53 bits per heavy atom. The molecule has 32 heavy (non-hydrogen) atoms. The topological polar surface area (TPSA) is 66.0 Å². The number of fused-ring (bicyclic) bond motifs is 1. The van der Waals surface area contributed by atoms with Gasteiger partial charge in [0.05, 0.1) is 29.3 Å². The molecule has 0 saturated heterocycles. The van der Waals surface area contributed by atoms with Crippen LogP contribution in [0.4, 0.5) is 32.0 Å². The number of hydrogen-bond donors (Lipinski definition) is 0. The predicted octanol–water partition coefficient (Wildman–Crippen LogP) is 5.60. The number of nitrogens with zero attached hydrogens (tertiary/aromatic N) is 4. The molecule has 0 spiro atoms. The molecule has 1 aliphatic rings. The van der Waals surface area contributed by atoms with Crippen LogP contribution in [0.25, 0.3) is 11.5 Å². The second kappa shape index (κ2) is 7.55. The highest BCUT2D eigenvalue weighted by Gasteiger charge is 2.41. The normalized spacial score (nSPS) is 16.2. The maximum atomic E-state index is 13.6. The Labute approximate surface area is 177 Å². The number of nitriles is 1. The van der Waals surface area contributed by atoms with Crippen molar-refractivity contribution in [2.45, 2.75) is 38.3 Å². The Kier molecular flexibility index (Phi) is 5.11. The first-order valence-electron chi connectivity index (χ1n) is 9.39. The maximum Gasteiger partial charge on any atom is 0.418 e. The standard InChI is InChI=1S/C21H14F6N4O/c1-11-7-15-16(6-5-13(9-28)18(15)21(25,26)27)31(11)10-17-29-19(32-30-17)12-3-2-4-14(8-12)20(22,23)24/h2-6,8,11H,7,10H2,1H3.